The van der Waals surface area contributed by atoms with Crippen molar-refractivity contribution < 1.29 is 9.18 Å². The first kappa shape index (κ1) is 16.6. The van der Waals surface area contributed by atoms with Crippen LogP contribution < -0.4 is 5.32 Å². The molecule has 1 aliphatic rings. The molecule has 0 fully saturated rings. The van der Waals surface area contributed by atoms with Crippen LogP contribution in [0.15, 0.2) is 18.2 Å². The molecular weight excluding hydrogens is 307 g/mol. The van der Waals surface area contributed by atoms with Crippen LogP contribution in [0.25, 0.3) is 5.69 Å². The summed E-state index contributed by atoms with van der Waals surface area (Å²) >= 11 is 0. The first-order valence-corrected chi connectivity index (χ1v) is 8.30. The maximum Gasteiger partial charge on any atom is 0.274 e. The molecule has 0 atom stereocenters. The Hall–Kier alpha value is -2.21. The molecular formula is C18H23FN4O. The molecule has 1 aliphatic carbocycles. The Balaban J connectivity index is 2.00. The molecule has 0 saturated carbocycles. The summed E-state index contributed by atoms with van der Waals surface area (Å²) in [6.45, 7) is 3.18. The van der Waals surface area contributed by atoms with Crippen LogP contribution in [0, 0.1) is 12.7 Å². The van der Waals surface area contributed by atoms with Gasteiger partial charge in [0.2, 0.25) is 0 Å². The van der Waals surface area contributed by atoms with Crippen LogP contribution in [0.2, 0.25) is 0 Å². The summed E-state index contributed by atoms with van der Waals surface area (Å²) in [6.07, 6.45) is 2.62. The molecule has 1 N–H and O–H groups in total. The molecule has 0 radical (unpaired) electrons. The number of rotatable bonds is 5. The molecule has 1 amide bonds. The topological polar surface area (TPSA) is 50.2 Å². The van der Waals surface area contributed by atoms with E-state index in [0.29, 0.717) is 17.9 Å². The second-order valence-corrected chi connectivity index (χ2v) is 6.32. The third kappa shape index (κ3) is 2.94. The molecule has 2 aromatic rings. The third-order valence-electron chi connectivity index (χ3n) is 4.51. The predicted octanol–water partition coefficient (Wildman–Crippen LogP) is 2.10. The van der Waals surface area contributed by atoms with Crippen molar-refractivity contribution in [1.29, 1.82) is 0 Å². The van der Waals surface area contributed by atoms with E-state index in [2.05, 4.69) is 10.4 Å². The zero-order valence-electron chi connectivity index (χ0n) is 14.4. The monoisotopic (exact) mass is 330 g/mol. The van der Waals surface area contributed by atoms with Gasteiger partial charge in [-0.15, -0.1) is 0 Å². The second kappa shape index (κ2) is 6.73. The van der Waals surface area contributed by atoms with Gasteiger partial charge < -0.3 is 10.2 Å². The molecule has 6 heteroatoms. The number of carbonyl (C=O) groups is 1. The van der Waals surface area contributed by atoms with Crippen LogP contribution in [0.1, 0.15) is 33.7 Å². The van der Waals surface area contributed by atoms with Gasteiger partial charge in [-0.3, -0.25) is 4.79 Å². The lowest BCUT2D eigenvalue weighted by Crippen LogP contribution is -2.33. The van der Waals surface area contributed by atoms with Gasteiger partial charge in [-0.25, -0.2) is 9.07 Å². The van der Waals surface area contributed by atoms with E-state index in [4.69, 9.17) is 0 Å². The number of hydrogen-bond donors (Lipinski definition) is 1. The van der Waals surface area contributed by atoms with E-state index in [-0.39, 0.29) is 11.7 Å². The lowest BCUT2D eigenvalue weighted by molar-refractivity contribution is 0.0789. The molecule has 0 bridgehead atoms. The SMILES string of the molecule is CNCCN(C)C(=O)c1nn(-c2ccc(C)cc2F)c2c1CCC2. The van der Waals surface area contributed by atoms with Crippen LogP contribution in [0.3, 0.4) is 0 Å². The Morgan fingerprint density at radius 1 is 1.42 bits per heavy atom. The van der Waals surface area contributed by atoms with Crippen LogP contribution in [0.4, 0.5) is 4.39 Å². The maximum atomic E-state index is 14.4. The smallest absolute Gasteiger partial charge is 0.274 e. The van der Waals surface area contributed by atoms with Crippen molar-refractivity contribution in [3.05, 3.63) is 46.5 Å². The van der Waals surface area contributed by atoms with Gasteiger partial charge in [0, 0.05) is 31.4 Å². The number of carbonyl (C=O) groups excluding carboxylic acids is 1. The minimum atomic E-state index is -0.310. The molecule has 1 heterocycles. The van der Waals surface area contributed by atoms with Crippen molar-refractivity contribution in [3.63, 3.8) is 0 Å². The largest absolute Gasteiger partial charge is 0.339 e. The maximum absolute atomic E-state index is 14.4. The molecule has 0 aliphatic heterocycles. The fourth-order valence-electron chi connectivity index (χ4n) is 3.15. The first-order chi connectivity index (χ1) is 11.5. The van der Waals surface area contributed by atoms with Gasteiger partial charge >= 0.3 is 0 Å². The van der Waals surface area contributed by atoms with Gasteiger partial charge in [-0.1, -0.05) is 6.07 Å². The van der Waals surface area contributed by atoms with Crippen molar-refractivity contribution in [1.82, 2.24) is 20.0 Å². The van der Waals surface area contributed by atoms with Gasteiger partial charge in [0.05, 0.1) is 0 Å². The zero-order chi connectivity index (χ0) is 17.3. The van der Waals surface area contributed by atoms with Gasteiger partial charge in [0.25, 0.3) is 5.91 Å². The predicted molar refractivity (Wildman–Crippen MR) is 91.2 cm³/mol. The van der Waals surface area contributed by atoms with Crippen molar-refractivity contribution in [2.45, 2.75) is 26.2 Å². The number of fused-ring (bicyclic) bond motifs is 1. The summed E-state index contributed by atoms with van der Waals surface area (Å²) in [5.41, 5.74) is 3.67. The Morgan fingerprint density at radius 2 is 2.21 bits per heavy atom. The molecule has 3 rings (SSSR count). The summed E-state index contributed by atoms with van der Waals surface area (Å²) in [5, 5.41) is 7.52. The summed E-state index contributed by atoms with van der Waals surface area (Å²) < 4.78 is 16.0. The summed E-state index contributed by atoms with van der Waals surface area (Å²) in [5.74, 6) is -0.413. The molecule has 1 aromatic carbocycles. The number of hydrogen-bond acceptors (Lipinski definition) is 3. The zero-order valence-corrected chi connectivity index (χ0v) is 14.4. The highest BCUT2D eigenvalue weighted by Gasteiger charge is 2.29. The van der Waals surface area contributed by atoms with E-state index in [1.807, 2.05) is 20.0 Å². The minimum Gasteiger partial charge on any atom is -0.339 e. The number of benzene rings is 1. The van der Waals surface area contributed by atoms with Crippen molar-refractivity contribution >= 4 is 5.91 Å². The summed E-state index contributed by atoms with van der Waals surface area (Å²) in [6, 6.07) is 5.09. The highest BCUT2D eigenvalue weighted by molar-refractivity contribution is 5.94. The number of aryl methyl sites for hydroxylation is 1. The molecule has 1 aromatic heterocycles. The number of nitrogens with zero attached hydrogens (tertiary/aromatic N) is 3. The van der Waals surface area contributed by atoms with Crippen LogP contribution in [-0.4, -0.2) is 47.8 Å². The summed E-state index contributed by atoms with van der Waals surface area (Å²) in [7, 11) is 3.62. The van der Waals surface area contributed by atoms with Crippen molar-refractivity contribution in [3.8, 4) is 5.69 Å². The van der Waals surface area contributed by atoms with E-state index in [0.717, 1.165) is 42.6 Å². The molecule has 24 heavy (non-hydrogen) atoms. The minimum absolute atomic E-state index is 0.102. The highest BCUT2D eigenvalue weighted by atomic mass is 19.1. The normalized spacial score (nSPS) is 13.2. The molecule has 0 spiro atoms. The van der Waals surface area contributed by atoms with Crippen molar-refractivity contribution in [2.75, 3.05) is 27.2 Å². The van der Waals surface area contributed by atoms with E-state index in [1.165, 1.54) is 6.07 Å². The number of amides is 1. The lowest BCUT2D eigenvalue weighted by Gasteiger charge is -2.16. The van der Waals surface area contributed by atoms with E-state index < -0.39 is 0 Å². The van der Waals surface area contributed by atoms with E-state index >= 15 is 0 Å². The number of aromatic nitrogens is 2. The number of nitrogens with one attached hydrogen (secondary N) is 1. The second-order valence-electron chi connectivity index (χ2n) is 6.32. The Bertz CT molecular complexity index is 769. The van der Waals surface area contributed by atoms with Crippen molar-refractivity contribution in [2.24, 2.45) is 0 Å². The van der Waals surface area contributed by atoms with Crippen LogP contribution in [0.5, 0.6) is 0 Å². The third-order valence-corrected chi connectivity index (χ3v) is 4.51. The molecule has 5 nitrogen and oxygen atoms in total. The number of halogens is 1. The Kier molecular flexibility index (Phi) is 4.66. The molecule has 128 valence electrons. The summed E-state index contributed by atoms with van der Waals surface area (Å²) in [4.78, 5) is 14.4. The quantitative estimate of drug-likeness (QED) is 0.913. The standard InChI is InChI=1S/C18H23FN4O/c1-12-7-8-16(14(19)11-12)23-15-6-4-5-13(15)17(21-23)18(24)22(3)10-9-20-2/h7-8,11,20H,4-6,9-10H2,1-3H3. The van der Waals surface area contributed by atoms with Gasteiger partial charge in [0.1, 0.15) is 11.5 Å². The highest BCUT2D eigenvalue weighted by Crippen LogP contribution is 2.29. The van der Waals surface area contributed by atoms with E-state index in [1.54, 1.807) is 22.7 Å². The lowest BCUT2D eigenvalue weighted by atomic mass is 10.2. The molecule has 0 saturated heterocycles. The van der Waals surface area contributed by atoms with Crippen LogP contribution >= 0.6 is 0 Å². The Morgan fingerprint density at radius 3 is 2.92 bits per heavy atom. The molecule has 0 unspecified atom stereocenters. The average Bonchev–Trinajstić information content (AvgIpc) is 3.15. The number of likely N-dealkylation sites (N-methyl/N-ethyl adjacent to an activating group) is 2. The van der Waals surface area contributed by atoms with E-state index in [9.17, 15) is 9.18 Å². The fourth-order valence-corrected chi connectivity index (χ4v) is 3.15. The van der Waals surface area contributed by atoms with Gasteiger partial charge in [-0.05, 0) is 50.9 Å². The van der Waals surface area contributed by atoms with Gasteiger partial charge in [-0.2, -0.15) is 5.10 Å². The van der Waals surface area contributed by atoms with Gasteiger partial charge in [0.15, 0.2) is 5.69 Å². The fraction of sp³-hybridized carbons (Fsp3) is 0.444. The first-order valence-electron chi connectivity index (χ1n) is 8.30. The Labute approximate surface area is 141 Å². The average molecular weight is 330 g/mol. The van der Waals surface area contributed by atoms with Crippen LogP contribution in [-0.2, 0) is 12.8 Å².